The Morgan fingerprint density at radius 2 is 2.03 bits per heavy atom. The molecule has 10 nitrogen and oxygen atoms in total. The number of fused-ring (bicyclic) bond motifs is 1. The first-order chi connectivity index (χ1) is 14.4. The molecule has 2 heterocycles. The van der Waals surface area contributed by atoms with Crippen molar-refractivity contribution in [2.24, 2.45) is 7.05 Å². The molecule has 2 N–H and O–H groups in total. The molecule has 1 aliphatic heterocycles. The fourth-order valence-electron chi connectivity index (χ4n) is 3.27. The van der Waals surface area contributed by atoms with Gasteiger partial charge in [-0.1, -0.05) is 18.2 Å². The van der Waals surface area contributed by atoms with Crippen LogP contribution in [0.25, 0.3) is 11.4 Å². The quantitative estimate of drug-likeness (QED) is 0.635. The summed E-state index contributed by atoms with van der Waals surface area (Å²) in [6, 6.07) is 11.6. The molecule has 1 aromatic heterocycles. The molecular formula is C20H18N6O4. The first-order valence-electron chi connectivity index (χ1n) is 9.20. The number of carbonyl (C=O) groups excluding carboxylic acids is 2. The third-order valence-corrected chi connectivity index (χ3v) is 4.76. The predicted octanol–water partition coefficient (Wildman–Crippen LogP) is 1.56. The number of tetrazole rings is 1. The second-order valence-corrected chi connectivity index (χ2v) is 6.89. The van der Waals surface area contributed by atoms with E-state index >= 15 is 0 Å². The number of nitrogens with one attached hydrogen (secondary N) is 1. The minimum Gasteiger partial charge on any atom is -0.478 e. The Hall–Kier alpha value is -4.08. The summed E-state index contributed by atoms with van der Waals surface area (Å²) in [5, 5.41) is 23.8. The van der Waals surface area contributed by atoms with E-state index in [9.17, 15) is 14.4 Å². The summed E-state index contributed by atoms with van der Waals surface area (Å²) in [6.45, 7) is 0.586. The molecule has 0 unspecified atom stereocenters. The zero-order valence-corrected chi connectivity index (χ0v) is 16.1. The van der Waals surface area contributed by atoms with Crippen molar-refractivity contribution in [1.82, 2.24) is 25.1 Å². The van der Waals surface area contributed by atoms with Gasteiger partial charge in [0.1, 0.15) is 0 Å². The molecule has 1 aliphatic rings. The summed E-state index contributed by atoms with van der Waals surface area (Å²) >= 11 is 0. The van der Waals surface area contributed by atoms with Crippen molar-refractivity contribution >= 4 is 23.5 Å². The van der Waals surface area contributed by atoms with Crippen LogP contribution in [-0.4, -0.2) is 54.5 Å². The Labute approximate surface area is 171 Å². The molecule has 0 atom stereocenters. The van der Waals surface area contributed by atoms with E-state index in [1.165, 1.54) is 21.8 Å². The number of rotatable bonds is 6. The van der Waals surface area contributed by atoms with E-state index in [0.717, 1.165) is 11.1 Å². The lowest BCUT2D eigenvalue weighted by Gasteiger charge is -2.15. The molecule has 0 fully saturated rings. The number of nitrogens with zero attached hydrogens (tertiary/aromatic N) is 5. The van der Waals surface area contributed by atoms with E-state index in [4.69, 9.17) is 5.11 Å². The second-order valence-electron chi connectivity index (χ2n) is 6.89. The lowest BCUT2D eigenvalue weighted by Crippen LogP contribution is -2.28. The topological polar surface area (TPSA) is 130 Å². The van der Waals surface area contributed by atoms with Crippen molar-refractivity contribution in [2.75, 3.05) is 11.9 Å². The normalized spacial score (nSPS) is 12.7. The monoisotopic (exact) mass is 406 g/mol. The van der Waals surface area contributed by atoms with Gasteiger partial charge in [0.15, 0.2) is 0 Å². The molecule has 0 spiro atoms. The molecule has 2 aromatic carbocycles. The minimum absolute atomic E-state index is 0.0687. The van der Waals surface area contributed by atoms with Crippen molar-refractivity contribution in [3.63, 3.8) is 0 Å². The van der Waals surface area contributed by atoms with Crippen LogP contribution in [-0.2, 0) is 18.4 Å². The molecule has 2 amide bonds. The van der Waals surface area contributed by atoms with E-state index in [0.29, 0.717) is 23.6 Å². The van der Waals surface area contributed by atoms with Gasteiger partial charge in [-0.3, -0.25) is 9.59 Å². The van der Waals surface area contributed by atoms with Gasteiger partial charge in [0.25, 0.3) is 5.91 Å². The van der Waals surface area contributed by atoms with Gasteiger partial charge in [-0.2, -0.15) is 4.80 Å². The summed E-state index contributed by atoms with van der Waals surface area (Å²) in [5.74, 6) is -1.14. The Bertz CT molecular complexity index is 1160. The van der Waals surface area contributed by atoms with Crippen LogP contribution >= 0.6 is 0 Å². The van der Waals surface area contributed by atoms with Crippen LogP contribution in [0, 0.1) is 0 Å². The van der Waals surface area contributed by atoms with Crippen molar-refractivity contribution in [1.29, 1.82) is 0 Å². The number of carboxylic acid groups (broad SMARTS) is 1. The lowest BCUT2D eigenvalue weighted by atomic mass is 10.1. The maximum atomic E-state index is 12.5. The summed E-state index contributed by atoms with van der Waals surface area (Å²) in [5.41, 5.74) is 2.51. The summed E-state index contributed by atoms with van der Waals surface area (Å²) in [6.07, 6.45) is 0.110. The number of aromatic carboxylic acids is 1. The van der Waals surface area contributed by atoms with Gasteiger partial charge < -0.3 is 15.3 Å². The third kappa shape index (κ3) is 3.88. The van der Waals surface area contributed by atoms with Crippen molar-refractivity contribution < 1.29 is 19.5 Å². The van der Waals surface area contributed by atoms with Crippen molar-refractivity contribution in [3.8, 4) is 11.4 Å². The SMILES string of the molecule is Cn1nnc(-c2cccc(NC(=O)CCN3Cc4ccc(C(=O)O)cc4C3=O)c2)n1. The highest BCUT2D eigenvalue weighted by Crippen LogP contribution is 2.24. The highest BCUT2D eigenvalue weighted by Gasteiger charge is 2.28. The number of aromatic nitrogens is 4. The Kier molecular flexibility index (Phi) is 4.97. The number of carboxylic acids is 1. The molecule has 152 valence electrons. The number of carbonyl (C=O) groups is 3. The van der Waals surface area contributed by atoms with Gasteiger partial charge in [0, 0.05) is 36.3 Å². The van der Waals surface area contributed by atoms with E-state index in [2.05, 4.69) is 20.7 Å². The van der Waals surface area contributed by atoms with E-state index in [1.807, 2.05) is 6.07 Å². The highest BCUT2D eigenvalue weighted by molar-refractivity contribution is 6.01. The number of aryl methyl sites for hydroxylation is 1. The Morgan fingerprint density at radius 3 is 2.77 bits per heavy atom. The van der Waals surface area contributed by atoms with Crippen LogP contribution in [0.3, 0.4) is 0 Å². The smallest absolute Gasteiger partial charge is 0.335 e. The van der Waals surface area contributed by atoms with Crippen molar-refractivity contribution in [3.05, 3.63) is 59.2 Å². The fourth-order valence-corrected chi connectivity index (χ4v) is 3.27. The van der Waals surface area contributed by atoms with E-state index in [-0.39, 0.29) is 30.3 Å². The molecule has 0 saturated carbocycles. The minimum atomic E-state index is -1.08. The number of benzene rings is 2. The maximum absolute atomic E-state index is 12.5. The van der Waals surface area contributed by atoms with Gasteiger partial charge in [0.2, 0.25) is 11.7 Å². The molecule has 0 bridgehead atoms. The lowest BCUT2D eigenvalue weighted by molar-refractivity contribution is -0.116. The Balaban J connectivity index is 1.36. The van der Waals surface area contributed by atoms with Gasteiger partial charge in [-0.15, -0.1) is 10.2 Å². The van der Waals surface area contributed by atoms with Crippen molar-refractivity contribution in [2.45, 2.75) is 13.0 Å². The maximum Gasteiger partial charge on any atom is 0.335 e. The number of anilines is 1. The van der Waals surface area contributed by atoms with Crippen LogP contribution in [0.4, 0.5) is 5.69 Å². The number of amides is 2. The molecule has 3 aromatic rings. The first-order valence-corrected chi connectivity index (χ1v) is 9.20. The van der Waals surface area contributed by atoms with Crippen LogP contribution in [0.5, 0.6) is 0 Å². The first kappa shape index (κ1) is 19.2. The van der Waals surface area contributed by atoms with Gasteiger partial charge in [0.05, 0.1) is 12.6 Å². The molecule has 10 heteroatoms. The molecule has 0 saturated heterocycles. The van der Waals surface area contributed by atoms with E-state index < -0.39 is 5.97 Å². The highest BCUT2D eigenvalue weighted by atomic mass is 16.4. The zero-order chi connectivity index (χ0) is 21.3. The summed E-state index contributed by atoms with van der Waals surface area (Å²) < 4.78 is 0. The average molecular weight is 406 g/mol. The van der Waals surface area contributed by atoms with Crippen LogP contribution in [0.1, 0.15) is 32.7 Å². The zero-order valence-electron chi connectivity index (χ0n) is 16.1. The predicted molar refractivity (Wildman–Crippen MR) is 106 cm³/mol. The van der Waals surface area contributed by atoms with Gasteiger partial charge in [-0.05, 0) is 35.0 Å². The largest absolute Gasteiger partial charge is 0.478 e. The van der Waals surface area contributed by atoms with Crippen LogP contribution in [0.2, 0.25) is 0 Å². The molecule has 30 heavy (non-hydrogen) atoms. The third-order valence-electron chi connectivity index (χ3n) is 4.76. The standard InChI is InChI=1S/C20H18N6O4/c1-25-23-18(22-24-25)12-3-2-4-15(9-12)21-17(27)7-8-26-11-14-6-5-13(20(29)30)10-16(14)19(26)28/h2-6,9-10H,7-8,11H2,1H3,(H,21,27)(H,29,30). The van der Waals surface area contributed by atoms with E-state index in [1.54, 1.807) is 31.3 Å². The number of hydrogen-bond donors (Lipinski definition) is 2. The molecule has 0 radical (unpaired) electrons. The summed E-state index contributed by atoms with van der Waals surface area (Å²) in [4.78, 5) is 38.9. The summed E-state index contributed by atoms with van der Waals surface area (Å²) in [7, 11) is 1.67. The van der Waals surface area contributed by atoms with Crippen LogP contribution in [0.15, 0.2) is 42.5 Å². The fraction of sp³-hybridized carbons (Fsp3) is 0.200. The van der Waals surface area contributed by atoms with Gasteiger partial charge in [-0.25, -0.2) is 4.79 Å². The van der Waals surface area contributed by atoms with Gasteiger partial charge >= 0.3 is 5.97 Å². The second kappa shape index (κ2) is 7.74. The molecular weight excluding hydrogens is 388 g/mol. The molecule has 4 rings (SSSR count). The average Bonchev–Trinajstić information content (AvgIpc) is 3.30. The Morgan fingerprint density at radius 1 is 1.20 bits per heavy atom. The van der Waals surface area contributed by atoms with Crippen LogP contribution < -0.4 is 5.32 Å². The molecule has 0 aliphatic carbocycles. The number of hydrogen-bond acceptors (Lipinski definition) is 6.